The van der Waals surface area contributed by atoms with Gasteiger partial charge in [-0.25, -0.2) is 4.39 Å². The summed E-state index contributed by atoms with van der Waals surface area (Å²) in [7, 11) is 1.56. The van der Waals surface area contributed by atoms with Crippen molar-refractivity contribution < 1.29 is 9.18 Å². The highest BCUT2D eigenvalue weighted by molar-refractivity contribution is 6.35. The summed E-state index contributed by atoms with van der Waals surface area (Å²) in [6.45, 7) is 3.52. The molecule has 0 fully saturated rings. The lowest BCUT2D eigenvalue weighted by Crippen LogP contribution is -2.41. The molecule has 0 saturated heterocycles. The molecule has 6 heteroatoms. The summed E-state index contributed by atoms with van der Waals surface area (Å²) in [5, 5.41) is 5.90. The molecule has 18 heavy (non-hydrogen) atoms. The van der Waals surface area contributed by atoms with Crippen LogP contribution in [0.1, 0.15) is 25.5 Å². The second-order valence-corrected chi connectivity index (χ2v) is 4.83. The second kappa shape index (κ2) is 6.36. The lowest BCUT2D eigenvalue weighted by atomic mass is 10.1. The topological polar surface area (TPSA) is 41.1 Å². The van der Waals surface area contributed by atoms with E-state index in [1.165, 1.54) is 12.1 Å². The van der Waals surface area contributed by atoms with Crippen LogP contribution >= 0.6 is 23.2 Å². The molecular weight excluding hydrogens is 278 g/mol. The van der Waals surface area contributed by atoms with Crippen LogP contribution in [-0.2, 0) is 4.79 Å². The molecular formula is C12H15Cl2FN2O. The van der Waals surface area contributed by atoms with Crippen LogP contribution in [0.25, 0.3) is 0 Å². The zero-order valence-corrected chi connectivity index (χ0v) is 11.9. The van der Waals surface area contributed by atoms with Gasteiger partial charge in [-0.1, -0.05) is 23.2 Å². The Morgan fingerprint density at radius 2 is 1.89 bits per heavy atom. The minimum atomic E-state index is -0.530. The Morgan fingerprint density at radius 1 is 1.28 bits per heavy atom. The molecule has 3 nitrogen and oxygen atoms in total. The van der Waals surface area contributed by atoms with Crippen molar-refractivity contribution in [3.63, 3.8) is 0 Å². The van der Waals surface area contributed by atoms with Crippen LogP contribution in [0.5, 0.6) is 0 Å². The second-order valence-electron chi connectivity index (χ2n) is 4.01. The van der Waals surface area contributed by atoms with Gasteiger partial charge in [-0.05, 0) is 31.5 Å². The third-order valence-electron chi connectivity index (χ3n) is 2.65. The molecule has 2 N–H and O–H groups in total. The van der Waals surface area contributed by atoms with Crippen LogP contribution in [-0.4, -0.2) is 19.0 Å². The molecule has 100 valence electrons. The van der Waals surface area contributed by atoms with E-state index in [0.29, 0.717) is 10.6 Å². The minimum absolute atomic E-state index is 0.0182. The molecule has 1 aromatic carbocycles. The first kappa shape index (κ1) is 15.2. The van der Waals surface area contributed by atoms with Gasteiger partial charge in [0.25, 0.3) is 0 Å². The Balaban J connectivity index is 2.87. The van der Waals surface area contributed by atoms with E-state index in [2.05, 4.69) is 10.6 Å². The first-order chi connectivity index (χ1) is 8.36. The molecule has 1 aromatic rings. The van der Waals surface area contributed by atoms with Gasteiger partial charge in [0.05, 0.1) is 11.1 Å². The molecule has 1 rings (SSSR count). The number of hydrogen-bond donors (Lipinski definition) is 2. The summed E-state index contributed by atoms with van der Waals surface area (Å²) in [6.07, 6.45) is 0. The quantitative estimate of drug-likeness (QED) is 0.838. The molecule has 0 aliphatic carbocycles. The molecule has 0 aliphatic rings. The fourth-order valence-electron chi connectivity index (χ4n) is 1.63. The van der Waals surface area contributed by atoms with E-state index in [0.717, 1.165) is 0 Å². The van der Waals surface area contributed by atoms with E-state index in [4.69, 9.17) is 23.2 Å². The van der Waals surface area contributed by atoms with Crippen LogP contribution in [0, 0.1) is 5.82 Å². The number of likely N-dealkylation sites (N-methyl/N-ethyl adjacent to an activating group) is 1. The Bertz CT molecular complexity index is 454. The van der Waals surface area contributed by atoms with Crippen LogP contribution < -0.4 is 10.6 Å². The Labute approximate surface area is 116 Å². The van der Waals surface area contributed by atoms with Gasteiger partial charge in [0, 0.05) is 18.1 Å². The van der Waals surface area contributed by atoms with Gasteiger partial charge in [0.1, 0.15) is 5.82 Å². The van der Waals surface area contributed by atoms with Crippen molar-refractivity contribution in [2.75, 3.05) is 7.05 Å². The van der Waals surface area contributed by atoms with Crippen LogP contribution in [0.4, 0.5) is 4.39 Å². The van der Waals surface area contributed by atoms with Crippen molar-refractivity contribution in [3.05, 3.63) is 33.6 Å². The average molecular weight is 293 g/mol. The summed E-state index contributed by atoms with van der Waals surface area (Å²) in [6, 6.07) is 1.96. The van der Waals surface area contributed by atoms with Crippen LogP contribution in [0.15, 0.2) is 12.1 Å². The van der Waals surface area contributed by atoms with E-state index in [9.17, 15) is 9.18 Å². The predicted octanol–water partition coefficient (Wildman–Crippen LogP) is 2.92. The van der Waals surface area contributed by atoms with Gasteiger partial charge in [0.2, 0.25) is 5.91 Å². The summed E-state index contributed by atoms with van der Waals surface area (Å²) in [4.78, 5) is 11.4. The number of benzene rings is 1. The van der Waals surface area contributed by atoms with Crippen LogP contribution in [0.3, 0.4) is 0 Å². The predicted molar refractivity (Wildman–Crippen MR) is 71.5 cm³/mol. The molecule has 0 radical (unpaired) electrons. The van der Waals surface area contributed by atoms with Crippen molar-refractivity contribution in [1.82, 2.24) is 10.6 Å². The van der Waals surface area contributed by atoms with Gasteiger partial charge in [-0.2, -0.15) is 0 Å². The summed E-state index contributed by atoms with van der Waals surface area (Å²) >= 11 is 11.6. The molecule has 0 bridgehead atoms. The Hall–Kier alpha value is -0.840. The maximum atomic E-state index is 13.4. The largest absolute Gasteiger partial charge is 0.358 e. The van der Waals surface area contributed by atoms with Crippen molar-refractivity contribution in [2.45, 2.75) is 25.9 Å². The van der Waals surface area contributed by atoms with E-state index >= 15 is 0 Å². The summed E-state index contributed by atoms with van der Waals surface area (Å²) < 4.78 is 13.4. The SMILES string of the molecule is CNC(=O)[C@H](C)N[C@H](C)c1cc(F)c(Cl)cc1Cl. The Kier molecular flexibility index (Phi) is 5.38. The van der Waals surface area contributed by atoms with E-state index < -0.39 is 11.9 Å². The highest BCUT2D eigenvalue weighted by atomic mass is 35.5. The van der Waals surface area contributed by atoms with Crippen molar-refractivity contribution >= 4 is 29.1 Å². The van der Waals surface area contributed by atoms with Gasteiger partial charge in [-0.15, -0.1) is 0 Å². The summed E-state index contributed by atoms with van der Waals surface area (Å²) in [5.74, 6) is -0.676. The zero-order chi connectivity index (χ0) is 13.9. The maximum Gasteiger partial charge on any atom is 0.236 e. The third-order valence-corrected chi connectivity index (χ3v) is 3.26. The van der Waals surface area contributed by atoms with Crippen molar-refractivity contribution in [2.24, 2.45) is 0 Å². The normalized spacial score (nSPS) is 14.1. The van der Waals surface area contributed by atoms with Crippen LogP contribution in [0.2, 0.25) is 10.0 Å². The molecule has 0 aromatic heterocycles. The maximum absolute atomic E-state index is 13.4. The monoisotopic (exact) mass is 292 g/mol. The standard InChI is InChI=1S/C12H15Cl2FN2O/c1-6(17-7(2)12(18)16-3)8-4-11(15)10(14)5-9(8)13/h4-7,17H,1-3H3,(H,16,18)/t6-,7+/m1/s1. The molecule has 2 atom stereocenters. The fourth-order valence-corrected chi connectivity index (χ4v) is 2.17. The molecule has 0 heterocycles. The first-order valence-electron chi connectivity index (χ1n) is 5.49. The fraction of sp³-hybridized carbons (Fsp3) is 0.417. The van der Waals surface area contributed by atoms with E-state index in [1.54, 1.807) is 20.9 Å². The molecule has 0 aliphatic heterocycles. The summed E-state index contributed by atoms with van der Waals surface area (Å²) in [5.41, 5.74) is 0.564. The number of hydrogen-bond acceptors (Lipinski definition) is 2. The Morgan fingerprint density at radius 3 is 2.44 bits per heavy atom. The van der Waals surface area contributed by atoms with Gasteiger partial charge < -0.3 is 5.32 Å². The highest BCUT2D eigenvalue weighted by Gasteiger charge is 2.18. The average Bonchev–Trinajstić information content (AvgIpc) is 2.32. The number of nitrogens with one attached hydrogen (secondary N) is 2. The molecule has 0 unspecified atom stereocenters. The number of rotatable bonds is 4. The highest BCUT2D eigenvalue weighted by Crippen LogP contribution is 2.28. The smallest absolute Gasteiger partial charge is 0.236 e. The lowest BCUT2D eigenvalue weighted by molar-refractivity contribution is -0.122. The van der Waals surface area contributed by atoms with Gasteiger partial charge in [-0.3, -0.25) is 10.1 Å². The third kappa shape index (κ3) is 3.57. The number of carbonyl (C=O) groups excluding carboxylic acids is 1. The molecule has 1 amide bonds. The molecule has 0 saturated carbocycles. The number of halogens is 3. The van der Waals surface area contributed by atoms with Gasteiger partial charge >= 0.3 is 0 Å². The first-order valence-corrected chi connectivity index (χ1v) is 6.24. The van der Waals surface area contributed by atoms with E-state index in [-0.39, 0.29) is 17.0 Å². The zero-order valence-electron chi connectivity index (χ0n) is 10.4. The number of amides is 1. The number of carbonyl (C=O) groups is 1. The lowest BCUT2D eigenvalue weighted by Gasteiger charge is -2.20. The minimum Gasteiger partial charge on any atom is -0.358 e. The van der Waals surface area contributed by atoms with Crippen molar-refractivity contribution in [3.8, 4) is 0 Å². The van der Waals surface area contributed by atoms with Crippen molar-refractivity contribution in [1.29, 1.82) is 0 Å². The van der Waals surface area contributed by atoms with Gasteiger partial charge in [0.15, 0.2) is 0 Å². The van der Waals surface area contributed by atoms with E-state index in [1.807, 2.05) is 0 Å². The molecule has 0 spiro atoms.